The molecule has 1 saturated heterocycles. The first kappa shape index (κ1) is 30.7. The number of carbonyl (C=O) groups excluding carboxylic acids is 3. The number of para-hydroxylation sites is 1. The number of amides is 2. The molecule has 5 nitrogen and oxygen atoms in total. The smallest absolute Gasteiger partial charge is 0.255 e. The Morgan fingerprint density at radius 3 is 2.05 bits per heavy atom. The van der Waals surface area contributed by atoms with Gasteiger partial charge in [0.05, 0.1) is 5.92 Å². The highest BCUT2D eigenvalue weighted by Gasteiger charge is 2.69. The van der Waals surface area contributed by atoms with Gasteiger partial charge in [-0.25, -0.2) is 0 Å². The Bertz CT molecular complexity index is 1390. The van der Waals surface area contributed by atoms with Crippen LogP contribution in [0.5, 0.6) is 0 Å². The zero-order chi connectivity index (χ0) is 30.2. The highest BCUT2D eigenvalue weighted by Crippen LogP contribution is 2.60. The van der Waals surface area contributed by atoms with Crippen LogP contribution in [0.3, 0.4) is 0 Å². The third-order valence-electron chi connectivity index (χ3n) is 9.51. The quantitative estimate of drug-likeness (QED) is 0.154. The summed E-state index contributed by atoms with van der Waals surface area (Å²) in [7, 11) is 0. The number of carbonyl (C=O) groups is 3. The van der Waals surface area contributed by atoms with Crippen LogP contribution >= 0.6 is 0 Å². The van der Waals surface area contributed by atoms with Gasteiger partial charge in [-0.2, -0.15) is 0 Å². The highest BCUT2D eigenvalue weighted by molar-refractivity contribution is 6.14. The maximum absolute atomic E-state index is 14.8. The number of fused-ring (bicyclic) bond motifs is 2. The molecule has 0 aliphatic carbocycles. The summed E-state index contributed by atoms with van der Waals surface area (Å²) in [6.45, 7) is 4.37. The molecule has 226 valence electrons. The SMILES string of the molecule is CCCCCCCCCC(=O)N1C(CCCC)C(c2ccccc2)C(C(=O)c2ccccc2)C12C(=O)Nc1ccccc12. The van der Waals surface area contributed by atoms with E-state index >= 15 is 0 Å². The number of likely N-dealkylation sites (tertiary alicyclic amines) is 1. The number of hydrogen-bond acceptors (Lipinski definition) is 3. The van der Waals surface area contributed by atoms with Crippen molar-refractivity contribution >= 4 is 23.3 Å². The maximum Gasteiger partial charge on any atom is 0.255 e. The van der Waals surface area contributed by atoms with Gasteiger partial charge in [-0.15, -0.1) is 0 Å². The average molecular weight is 579 g/mol. The molecule has 0 aromatic heterocycles. The number of unbranched alkanes of at least 4 members (excludes halogenated alkanes) is 7. The Morgan fingerprint density at radius 1 is 0.744 bits per heavy atom. The van der Waals surface area contributed by atoms with Crippen molar-refractivity contribution in [3.05, 3.63) is 102 Å². The largest absolute Gasteiger partial charge is 0.323 e. The van der Waals surface area contributed by atoms with Crippen LogP contribution in [0.25, 0.3) is 0 Å². The van der Waals surface area contributed by atoms with E-state index in [1.165, 1.54) is 25.7 Å². The molecule has 0 bridgehead atoms. The molecule has 2 aliphatic heterocycles. The van der Waals surface area contributed by atoms with E-state index in [1.54, 1.807) is 0 Å². The molecule has 5 heteroatoms. The van der Waals surface area contributed by atoms with Gasteiger partial charge in [-0.3, -0.25) is 14.4 Å². The van der Waals surface area contributed by atoms with Crippen molar-refractivity contribution in [2.45, 2.75) is 102 Å². The summed E-state index contributed by atoms with van der Waals surface area (Å²) < 4.78 is 0. The van der Waals surface area contributed by atoms with Crippen molar-refractivity contribution in [3.63, 3.8) is 0 Å². The van der Waals surface area contributed by atoms with E-state index in [2.05, 4.69) is 31.3 Å². The van der Waals surface area contributed by atoms with Crippen LogP contribution in [-0.2, 0) is 15.1 Å². The molecule has 43 heavy (non-hydrogen) atoms. The number of benzene rings is 3. The molecule has 0 saturated carbocycles. The van der Waals surface area contributed by atoms with Gasteiger partial charge in [0.15, 0.2) is 11.3 Å². The Hall–Kier alpha value is -3.73. The Balaban J connectivity index is 1.64. The molecule has 2 amide bonds. The summed E-state index contributed by atoms with van der Waals surface area (Å²) in [6.07, 6.45) is 10.8. The molecular weight excluding hydrogens is 532 g/mol. The van der Waals surface area contributed by atoms with E-state index in [9.17, 15) is 14.4 Å². The average Bonchev–Trinajstić information content (AvgIpc) is 3.51. The minimum Gasteiger partial charge on any atom is -0.323 e. The maximum atomic E-state index is 14.8. The van der Waals surface area contributed by atoms with Crippen molar-refractivity contribution in [2.24, 2.45) is 5.92 Å². The monoisotopic (exact) mass is 578 g/mol. The molecule has 5 rings (SSSR count). The lowest BCUT2D eigenvalue weighted by Gasteiger charge is -2.39. The molecule has 1 N–H and O–H groups in total. The predicted molar refractivity (Wildman–Crippen MR) is 173 cm³/mol. The normalized spacial score (nSPS) is 22.5. The van der Waals surface area contributed by atoms with Crippen LogP contribution in [0.4, 0.5) is 5.69 Å². The molecule has 4 atom stereocenters. The van der Waals surface area contributed by atoms with Crippen molar-refractivity contribution in [2.75, 3.05) is 5.32 Å². The third-order valence-corrected chi connectivity index (χ3v) is 9.51. The topological polar surface area (TPSA) is 66.5 Å². The van der Waals surface area contributed by atoms with Gasteiger partial charge in [-0.05, 0) is 24.5 Å². The van der Waals surface area contributed by atoms with Crippen LogP contribution < -0.4 is 5.32 Å². The minimum atomic E-state index is -1.42. The molecule has 1 spiro atoms. The molecule has 2 heterocycles. The summed E-state index contributed by atoms with van der Waals surface area (Å²) in [6, 6.07) is 26.8. The number of rotatable bonds is 14. The first-order valence-corrected chi connectivity index (χ1v) is 16.4. The van der Waals surface area contributed by atoms with E-state index in [4.69, 9.17) is 0 Å². The number of nitrogens with one attached hydrogen (secondary N) is 1. The second-order valence-corrected chi connectivity index (χ2v) is 12.3. The van der Waals surface area contributed by atoms with E-state index in [0.29, 0.717) is 17.7 Å². The fourth-order valence-corrected chi connectivity index (χ4v) is 7.55. The van der Waals surface area contributed by atoms with Crippen molar-refractivity contribution in [3.8, 4) is 0 Å². The van der Waals surface area contributed by atoms with Gasteiger partial charge in [0.2, 0.25) is 5.91 Å². The zero-order valence-electron chi connectivity index (χ0n) is 25.8. The standard InChI is InChI=1S/C38H46N2O3/c1-3-5-7-8-9-10-17-27-33(41)40-32(26-6-4-2)34(28-20-13-11-14-21-28)35(36(42)29-22-15-12-16-23-29)38(40)30-24-18-19-25-31(30)39-37(38)43/h11-16,18-25,32,34-35H,3-10,17,26-27H2,1-2H3,(H,39,43). The fourth-order valence-electron chi connectivity index (χ4n) is 7.55. The number of Topliss-reactive ketones (excluding diaryl/α,β-unsaturated/α-hetero) is 1. The van der Waals surface area contributed by atoms with E-state index in [1.807, 2.05) is 77.7 Å². The highest BCUT2D eigenvalue weighted by atomic mass is 16.2. The lowest BCUT2D eigenvalue weighted by molar-refractivity contribution is -0.146. The molecule has 4 unspecified atom stereocenters. The van der Waals surface area contributed by atoms with Crippen LogP contribution in [0.1, 0.15) is 112 Å². The molecule has 3 aromatic carbocycles. The molecule has 3 aromatic rings. The molecule has 2 aliphatic rings. The van der Waals surface area contributed by atoms with Crippen LogP contribution in [-0.4, -0.2) is 28.5 Å². The lowest BCUT2D eigenvalue weighted by Crippen LogP contribution is -2.56. The van der Waals surface area contributed by atoms with Crippen molar-refractivity contribution < 1.29 is 14.4 Å². The summed E-state index contributed by atoms with van der Waals surface area (Å²) in [5.74, 6) is -1.47. The van der Waals surface area contributed by atoms with Crippen LogP contribution in [0, 0.1) is 5.92 Å². The van der Waals surface area contributed by atoms with Gasteiger partial charge in [-0.1, -0.05) is 144 Å². The summed E-state index contributed by atoms with van der Waals surface area (Å²) in [5, 5.41) is 3.11. The number of hydrogen-bond donors (Lipinski definition) is 1. The molecular formula is C38H46N2O3. The summed E-state index contributed by atoms with van der Waals surface area (Å²) in [4.78, 5) is 45.8. The minimum absolute atomic E-state index is 0.0224. The van der Waals surface area contributed by atoms with Crippen LogP contribution in [0.15, 0.2) is 84.9 Å². The predicted octanol–water partition coefficient (Wildman–Crippen LogP) is 8.66. The molecule has 0 radical (unpaired) electrons. The Kier molecular flexibility index (Phi) is 10.1. The zero-order valence-corrected chi connectivity index (χ0v) is 25.8. The summed E-state index contributed by atoms with van der Waals surface area (Å²) in [5.41, 5.74) is 1.58. The van der Waals surface area contributed by atoms with Gasteiger partial charge in [0.1, 0.15) is 0 Å². The third kappa shape index (κ3) is 5.91. The summed E-state index contributed by atoms with van der Waals surface area (Å²) >= 11 is 0. The second kappa shape index (κ2) is 14.2. The number of anilines is 1. The van der Waals surface area contributed by atoms with Crippen LogP contribution in [0.2, 0.25) is 0 Å². The second-order valence-electron chi connectivity index (χ2n) is 12.3. The lowest BCUT2D eigenvalue weighted by atomic mass is 9.69. The van der Waals surface area contributed by atoms with E-state index < -0.39 is 11.5 Å². The van der Waals surface area contributed by atoms with Gasteiger partial charge >= 0.3 is 0 Å². The first-order valence-electron chi connectivity index (χ1n) is 16.4. The van der Waals surface area contributed by atoms with Gasteiger partial charge < -0.3 is 10.2 Å². The van der Waals surface area contributed by atoms with Gasteiger partial charge in [0, 0.05) is 35.2 Å². The van der Waals surface area contributed by atoms with Crippen molar-refractivity contribution in [1.82, 2.24) is 4.90 Å². The number of nitrogens with zero attached hydrogens (tertiary/aromatic N) is 1. The Labute approximate surface area is 257 Å². The van der Waals surface area contributed by atoms with E-state index in [-0.39, 0.29) is 29.6 Å². The Morgan fingerprint density at radius 2 is 1.35 bits per heavy atom. The van der Waals surface area contributed by atoms with Crippen molar-refractivity contribution in [1.29, 1.82) is 0 Å². The fraction of sp³-hybridized carbons (Fsp3) is 0.447. The number of ketones is 1. The molecule has 1 fully saturated rings. The van der Waals surface area contributed by atoms with E-state index in [0.717, 1.165) is 49.7 Å². The first-order chi connectivity index (χ1) is 21.1. The van der Waals surface area contributed by atoms with Gasteiger partial charge in [0.25, 0.3) is 5.91 Å².